The molecule has 20 heavy (non-hydrogen) atoms. The molecule has 0 bridgehead atoms. The molecule has 0 spiro atoms. The van der Waals surface area contributed by atoms with Crippen LogP contribution in [0.5, 0.6) is 5.75 Å². The molecule has 0 N–H and O–H groups in total. The van der Waals surface area contributed by atoms with Gasteiger partial charge in [0, 0.05) is 5.56 Å². The zero-order chi connectivity index (χ0) is 14.4. The lowest BCUT2D eigenvalue weighted by atomic mass is 9.91. The number of rotatable bonds is 5. The molecule has 0 aliphatic carbocycles. The van der Waals surface area contributed by atoms with Crippen LogP contribution in [0, 0.1) is 0 Å². The first-order valence-electron chi connectivity index (χ1n) is 6.51. The number of para-hydroxylation sites is 1. The Balaban J connectivity index is 2.35. The molecular formula is C17H18O3. The zero-order valence-electron chi connectivity index (χ0n) is 11.7. The predicted molar refractivity (Wildman–Crippen MR) is 77.9 cm³/mol. The second-order valence-corrected chi connectivity index (χ2v) is 4.51. The fourth-order valence-corrected chi connectivity index (χ4v) is 2.27. The van der Waals surface area contributed by atoms with Crippen LogP contribution in [-0.2, 0) is 16.0 Å². The van der Waals surface area contributed by atoms with Crippen LogP contribution in [0.2, 0.25) is 0 Å². The summed E-state index contributed by atoms with van der Waals surface area (Å²) in [5, 5.41) is 0. The van der Waals surface area contributed by atoms with E-state index in [1.165, 1.54) is 7.11 Å². The molecule has 2 aromatic carbocycles. The minimum atomic E-state index is -0.362. The number of methoxy groups -OCH3 is 2. The highest BCUT2D eigenvalue weighted by Crippen LogP contribution is 2.30. The van der Waals surface area contributed by atoms with Crippen molar-refractivity contribution in [3.05, 3.63) is 65.7 Å². The van der Waals surface area contributed by atoms with Crippen molar-refractivity contribution < 1.29 is 14.3 Å². The molecule has 0 aliphatic heterocycles. The van der Waals surface area contributed by atoms with E-state index in [0.29, 0.717) is 12.2 Å². The number of carbonyl (C=O) groups excluding carboxylic acids is 1. The largest absolute Gasteiger partial charge is 0.496 e. The van der Waals surface area contributed by atoms with Crippen LogP contribution in [-0.4, -0.2) is 20.2 Å². The Bertz CT molecular complexity index is 563. The molecule has 2 rings (SSSR count). The number of hydrogen-bond donors (Lipinski definition) is 0. The molecule has 0 aromatic heterocycles. The Morgan fingerprint density at radius 1 is 1.00 bits per heavy atom. The maximum Gasteiger partial charge on any atom is 0.313 e. The number of ether oxygens (including phenoxy) is 2. The molecule has 0 saturated carbocycles. The van der Waals surface area contributed by atoms with E-state index in [2.05, 4.69) is 0 Å². The molecule has 0 amide bonds. The zero-order valence-corrected chi connectivity index (χ0v) is 11.7. The Morgan fingerprint density at radius 2 is 1.65 bits per heavy atom. The summed E-state index contributed by atoms with van der Waals surface area (Å²) in [4.78, 5) is 12.1. The summed E-state index contributed by atoms with van der Waals surface area (Å²) < 4.78 is 10.3. The predicted octanol–water partition coefficient (Wildman–Crippen LogP) is 3.19. The van der Waals surface area contributed by atoms with Gasteiger partial charge in [0.1, 0.15) is 5.75 Å². The van der Waals surface area contributed by atoms with Crippen molar-refractivity contribution in [1.82, 2.24) is 0 Å². The standard InChI is InChI=1S/C17H18O3/c1-19-16-11-7-6-10-14(16)15(17(18)20-2)12-13-8-4-3-5-9-13/h3-11,15H,12H2,1-2H3. The van der Waals surface area contributed by atoms with Gasteiger partial charge in [0.2, 0.25) is 0 Å². The van der Waals surface area contributed by atoms with E-state index in [1.54, 1.807) is 7.11 Å². The third-order valence-electron chi connectivity index (χ3n) is 3.28. The maximum atomic E-state index is 12.1. The van der Waals surface area contributed by atoms with Crippen molar-refractivity contribution in [2.75, 3.05) is 14.2 Å². The smallest absolute Gasteiger partial charge is 0.313 e. The monoisotopic (exact) mass is 270 g/mol. The van der Waals surface area contributed by atoms with Gasteiger partial charge >= 0.3 is 5.97 Å². The molecule has 104 valence electrons. The van der Waals surface area contributed by atoms with Gasteiger partial charge in [-0.05, 0) is 18.1 Å². The van der Waals surface area contributed by atoms with Crippen molar-refractivity contribution >= 4 is 5.97 Å². The van der Waals surface area contributed by atoms with Crippen LogP contribution in [0.15, 0.2) is 54.6 Å². The van der Waals surface area contributed by atoms with Gasteiger partial charge in [-0.3, -0.25) is 4.79 Å². The van der Waals surface area contributed by atoms with Crippen molar-refractivity contribution in [3.8, 4) is 5.75 Å². The summed E-state index contributed by atoms with van der Waals surface area (Å²) in [6.07, 6.45) is 0.591. The summed E-state index contributed by atoms with van der Waals surface area (Å²) in [6, 6.07) is 17.5. The van der Waals surface area contributed by atoms with Gasteiger partial charge in [0.05, 0.1) is 20.1 Å². The van der Waals surface area contributed by atoms with Gasteiger partial charge in [-0.2, -0.15) is 0 Å². The highest BCUT2D eigenvalue weighted by atomic mass is 16.5. The SMILES string of the molecule is COC(=O)C(Cc1ccccc1)c1ccccc1OC. The molecule has 0 fully saturated rings. The van der Waals surface area contributed by atoms with Crippen molar-refractivity contribution in [2.24, 2.45) is 0 Å². The van der Waals surface area contributed by atoms with E-state index in [9.17, 15) is 4.79 Å². The topological polar surface area (TPSA) is 35.5 Å². The van der Waals surface area contributed by atoms with E-state index in [1.807, 2.05) is 54.6 Å². The molecule has 1 atom stereocenters. The number of hydrogen-bond acceptors (Lipinski definition) is 3. The van der Waals surface area contributed by atoms with Gasteiger partial charge in [0.15, 0.2) is 0 Å². The summed E-state index contributed by atoms with van der Waals surface area (Å²) in [7, 11) is 3.02. The second-order valence-electron chi connectivity index (χ2n) is 4.51. The van der Waals surface area contributed by atoms with E-state index >= 15 is 0 Å². The van der Waals surface area contributed by atoms with Crippen LogP contribution in [0.4, 0.5) is 0 Å². The number of esters is 1. The first-order valence-corrected chi connectivity index (χ1v) is 6.51. The lowest BCUT2D eigenvalue weighted by Crippen LogP contribution is -2.17. The quantitative estimate of drug-likeness (QED) is 0.783. The summed E-state index contributed by atoms with van der Waals surface area (Å²) in [5.41, 5.74) is 1.94. The summed E-state index contributed by atoms with van der Waals surface area (Å²) >= 11 is 0. The van der Waals surface area contributed by atoms with E-state index in [4.69, 9.17) is 9.47 Å². The summed E-state index contributed by atoms with van der Waals surface area (Å²) in [6.45, 7) is 0. The van der Waals surface area contributed by atoms with Crippen molar-refractivity contribution in [1.29, 1.82) is 0 Å². The molecular weight excluding hydrogens is 252 g/mol. The number of benzene rings is 2. The second kappa shape index (κ2) is 6.75. The maximum absolute atomic E-state index is 12.1. The van der Waals surface area contributed by atoms with Crippen molar-refractivity contribution in [2.45, 2.75) is 12.3 Å². The average Bonchev–Trinajstić information content (AvgIpc) is 2.53. The third kappa shape index (κ3) is 3.18. The van der Waals surface area contributed by atoms with Gasteiger partial charge in [-0.15, -0.1) is 0 Å². The van der Waals surface area contributed by atoms with Crippen LogP contribution in [0.3, 0.4) is 0 Å². The minimum absolute atomic E-state index is 0.252. The van der Waals surface area contributed by atoms with Gasteiger partial charge in [0.25, 0.3) is 0 Å². The average molecular weight is 270 g/mol. The van der Waals surface area contributed by atoms with Gasteiger partial charge < -0.3 is 9.47 Å². The van der Waals surface area contributed by atoms with Crippen LogP contribution < -0.4 is 4.74 Å². The lowest BCUT2D eigenvalue weighted by molar-refractivity contribution is -0.142. The highest BCUT2D eigenvalue weighted by molar-refractivity contribution is 5.79. The highest BCUT2D eigenvalue weighted by Gasteiger charge is 2.24. The van der Waals surface area contributed by atoms with Crippen LogP contribution in [0.25, 0.3) is 0 Å². The Morgan fingerprint density at radius 3 is 2.30 bits per heavy atom. The molecule has 0 aliphatic rings. The van der Waals surface area contributed by atoms with Crippen LogP contribution >= 0.6 is 0 Å². The Kier molecular flexibility index (Phi) is 4.77. The van der Waals surface area contributed by atoms with E-state index < -0.39 is 0 Å². The van der Waals surface area contributed by atoms with E-state index in [-0.39, 0.29) is 11.9 Å². The molecule has 1 unspecified atom stereocenters. The first kappa shape index (κ1) is 14.1. The lowest BCUT2D eigenvalue weighted by Gasteiger charge is -2.17. The fraction of sp³-hybridized carbons (Fsp3) is 0.235. The summed E-state index contributed by atoms with van der Waals surface area (Å²) in [5.74, 6) is 0.0933. The molecule has 3 heteroatoms. The van der Waals surface area contributed by atoms with E-state index in [0.717, 1.165) is 11.1 Å². The van der Waals surface area contributed by atoms with Gasteiger partial charge in [-0.25, -0.2) is 0 Å². The third-order valence-corrected chi connectivity index (χ3v) is 3.28. The molecule has 2 aromatic rings. The molecule has 0 heterocycles. The number of carbonyl (C=O) groups is 1. The first-order chi connectivity index (χ1) is 9.76. The molecule has 3 nitrogen and oxygen atoms in total. The normalized spacial score (nSPS) is 11.7. The molecule has 0 saturated heterocycles. The van der Waals surface area contributed by atoms with Crippen molar-refractivity contribution in [3.63, 3.8) is 0 Å². The van der Waals surface area contributed by atoms with Crippen LogP contribution in [0.1, 0.15) is 17.0 Å². The Labute approximate surface area is 119 Å². The van der Waals surface area contributed by atoms with Gasteiger partial charge in [-0.1, -0.05) is 48.5 Å². The fourth-order valence-electron chi connectivity index (χ4n) is 2.27. The minimum Gasteiger partial charge on any atom is -0.496 e. The Hall–Kier alpha value is -2.29. The molecule has 0 radical (unpaired) electrons.